The molecule has 0 heterocycles. The first-order valence-electron chi connectivity index (χ1n) is 5.15. The molecule has 0 atom stereocenters. The Hall–Kier alpha value is -1.90. The molecule has 0 aliphatic rings. The summed E-state index contributed by atoms with van der Waals surface area (Å²) in [4.78, 5) is 15.4. The van der Waals surface area contributed by atoms with Crippen molar-refractivity contribution in [2.45, 2.75) is 19.8 Å². The number of rotatable bonds is 5. The largest absolute Gasteiger partial charge is 0.331 e. The first-order chi connectivity index (χ1) is 7.74. The minimum absolute atomic E-state index is 0.410. The lowest BCUT2D eigenvalue weighted by Crippen LogP contribution is -2.03. The maximum atomic E-state index is 10.7. The molecule has 0 saturated heterocycles. The molecule has 0 amide bonds. The van der Waals surface area contributed by atoms with Gasteiger partial charge < -0.3 is 4.84 Å². The van der Waals surface area contributed by atoms with Gasteiger partial charge >= 0.3 is 5.97 Å². The lowest BCUT2D eigenvalue weighted by Gasteiger charge is -2.03. The van der Waals surface area contributed by atoms with Crippen molar-refractivity contribution in [3.05, 3.63) is 48.6 Å². The molecule has 0 aliphatic carbocycles. The molecule has 0 bridgehead atoms. The Balaban J connectivity index is 2.82. The highest BCUT2D eigenvalue weighted by molar-refractivity contribution is 6.00. The Kier molecular flexibility index (Phi) is 4.99. The summed E-state index contributed by atoms with van der Waals surface area (Å²) in [7, 11) is 0. The minimum atomic E-state index is -0.410. The van der Waals surface area contributed by atoms with Gasteiger partial charge in [-0.3, -0.25) is 0 Å². The Morgan fingerprint density at radius 3 is 2.69 bits per heavy atom. The number of hydrogen-bond acceptors (Lipinski definition) is 3. The molecular weight excluding hydrogens is 202 g/mol. The van der Waals surface area contributed by atoms with Crippen molar-refractivity contribution in [1.29, 1.82) is 0 Å². The van der Waals surface area contributed by atoms with Gasteiger partial charge in [0.25, 0.3) is 0 Å². The van der Waals surface area contributed by atoms with Gasteiger partial charge in [-0.2, -0.15) is 0 Å². The Labute approximate surface area is 95.4 Å². The van der Waals surface area contributed by atoms with Crippen LogP contribution in [0.3, 0.4) is 0 Å². The van der Waals surface area contributed by atoms with Gasteiger partial charge in [-0.05, 0) is 18.4 Å². The molecule has 0 spiro atoms. The van der Waals surface area contributed by atoms with E-state index < -0.39 is 5.97 Å². The van der Waals surface area contributed by atoms with E-state index in [0.717, 1.165) is 17.7 Å². The summed E-state index contributed by atoms with van der Waals surface area (Å²) in [6.45, 7) is 4.99. The number of hydrogen-bond donors (Lipinski definition) is 0. The summed E-state index contributed by atoms with van der Waals surface area (Å²) in [5, 5.41) is 3.85. The van der Waals surface area contributed by atoms with E-state index in [9.17, 15) is 4.79 Å². The molecule has 0 aromatic heterocycles. The molecular formula is C13H15NO2. The topological polar surface area (TPSA) is 38.7 Å². The summed E-state index contributed by atoms with van der Waals surface area (Å²) >= 11 is 0. The molecule has 3 nitrogen and oxygen atoms in total. The summed E-state index contributed by atoms with van der Waals surface area (Å²) in [6, 6.07) is 9.65. The van der Waals surface area contributed by atoms with E-state index in [-0.39, 0.29) is 0 Å². The zero-order valence-corrected chi connectivity index (χ0v) is 9.35. The lowest BCUT2D eigenvalue weighted by atomic mass is 10.1. The highest BCUT2D eigenvalue weighted by Gasteiger charge is 2.03. The SMILES string of the molecule is C=CCC/C(=N\OC(C)=O)c1ccccc1. The van der Waals surface area contributed by atoms with Crippen molar-refractivity contribution in [3.63, 3.8) is 0 Å². The average Bonchev–Trinajstić information content (AvgIpc) is 2.30. The molecule has 1 aromatic rings. The van der Waals surface area contributed by atoms with Crippen LogP contribution in [0.2, 0.25) is 0 Å². The van der Waals surface area contributed by atoms with Gasteiger partial charge in [0.1, 0.15) is 0 Å². The van der Waals surface area contributed by atoms with Crippen LogP contribution in [0.1, 0.15) is 25.3 Å². The predicted molar refractivity (Wildman–Crippen MR) is 64.2 cm³/mol. The van der Waals surface area contributed by atoms with Gasteiger partial charge in [0, 0.05) is 6.92 Å². The van der Waals surface area contributed by atoms with E-state index in [0.29, 0.717) is 6.42 Å². The number of nitrogens with zero attached hydrogens (tertiary/aromatic N) is 1. The van der Waals surface area contributed by atoms with Crippen molar-refractivity contribution < 1.29 is 9.63 Å². The van der Waals surface area contributed by atoms with E-state index >= 15 is 0 Å². The van der Waals surface area contributed by atoms with Gasteiger partial charge in [-0.15, -0.1) is 6.58 Å². The van der Waals surface area contributed by atoms with Crippen molar-refractivity contribution in [2.24, 2.45) is 5.16 Å². The van der Waals surface area contributed by atoms with Crippen LogP contribution in [0.25, 0.3) is 0 Å². The molecule has 1 aromatic carbocycles. The maximum Gasteiger partial charge on any atom is 0.331 e. The Morgan fingerprint density at radius 2 is 2.12 bits per heavy atom. The van der Waals surface area contributed by atoms with Crippen LogP contribution in [0.15, 0.2) is 48.1 Å². The second kappa shape index (κ2) is 6.56. The van der Waals surface area contributed by atoms with Crippen LogP contribution in [0.4, 0.5) is 0 Å². The first-order valence-corrected chi connectivity index (χ1v) is 5.15. The molecule has 0 saturated carbocycles. The minimum Gasteiger partial charge on any atom is -0.318 e. The summed E-state index contributed by atoms with van der Waals surface area (Å²) in [5.74, 6) is -0.410. The average molecular weight is 217 g/mol. The van der Waals surface area contributed by atoms with Gasteiger partial charge in [0.15, 0.2) is 0 Å². The van der Waals surface area contributed by atoms with E-state index in [4.69, 9.17) is 0 Å². The predicted octanol–water partition coefficient (Wildman–Crippen LogP) is 2.92. The van der Waals surface area contributed by atoms with Crippen LogP contribution < -0.4 is 0 Å². The summed E-state index contributed by atoms with van der Waals surface area (Å²) < 4.78 is 0. The van der Waals surface area contributed by atoms with Gasteiger partial charge in [0.2, 0.25) is 0 Å². The quantitative estimate of drug-likeness (QED) is 0.329. The van der Waals surface area contributed by atoms with E-state index in [1.807, 2.05) is 36.4 Å². The zero-order chi connectivity index (χ0) is 11.8. The smallest absolute Gasteiger partial charge is 0.318 e. The molecule has 84 valence electrons. The monoisotopic (exact) mass is 217 g/mol. The van der Waals surface area contributed by atoms with Crippen LogP contribution in [0.5, 0.6) is 0 Å². The lowest BCUT2D eigenvalue weighted by molar-refractivity contribution is -0.140. The third-order valence-corrected chi connectivity index (χ3v) is 1.98. The molecule has 0 aliphatic heterocycles. The van der Waals surface area contributed by atoms with E-state index in [2.05, 4.69) is 16.6 Å². The first kappa shape index (κ1) is 12.2. The fourth-order valence-corrected chi connectivity index (χ4v) is 1.23. The number of benzene rings is 1. The van der Waals surface area contributed by atoms with Crippen molar-refractivity contribution in [1.82, 2.24) is 0 Å². The van der Waals surface area contributed by atoms with E-state index in [1.54, 1.807) is 0 Å². The van der Waals surface area contributed by atoms with Gasteiger partial charge in [-0.1, -0.05) is 41.6 Å². The molecule has 0 unspecified atom stereocenters. The highest BCUT2D eigenvalue weighted by Crippen LogP contribution is 2.07. The fraction of sp³-hybridized carbons (Fsp3) is 0.231. The Bertz CT molecular complexity index is 382. The van der Waals surface area contributed by atoms with Crippen LogP contribution >= 0.6 is 0 Å². The van der Waals surface area contributed by atoms with Crippen LogP contribution in [0, 0.1) is 0 Å². The molecule has 0 radical (unpaired) electrons. The fourth-order valence-electron chi connectivity index (χ4n) is 1.23. The van der Waals surface area contributed by atoms with E-state index in [1.165, 1.54) is 6.92 Å². The number of carbonyl (C=O) groups is 1. The molecule has 16 heavy (non-hydrogen) atoms. The van der Waals surface area contributed by atoms with Crippen molar-refractivity contribution in [2.75, 3.05) is 0 Å². The molecule has 1 rings (SSSR count). The van der Waals surface area contributed by atoms with Crippen LogP contribution in [-0.2, 0) is 9.63 Å². The summed E-state index contributed by atoms with van der Waals surface area (Å²) in [6.07, 6.45) is 3.32. The summed E-state index contributed by atoms with van der Waals surface area (Å²) in [5.41, 5.74) is 1.72. The second-order valence-electron chi connectivity index (χ2n) is 3.31. The number of carbonyl (C=O) groups excluding carboxylic acids is 1. The van der Waals surface area contributed by atoms with Crippen molar-refractivity contribution in [3.8, 4) is 0 Å². The Morgan fingerprint density at radius 1 is 1.44 bits per heavy atom. The maximum absolute atomic E-state index is 10.7. The molecule has 0 fully saturated rings. The number of oxime groups is 1. The second-order valence-corrected chi connectivity index (χ2v) is 3.31. The zero-order valence-electron chi connectivity index (χ0n) is 9.35. The van der Waals surface area contributed by atoms with Gasteiger partial charge in [-0.25, -0.2) is 4.79 Å². The number of allylic oxidation sites excluding steroid dienone is 1. The van der Waals surface area contributed by atoms with Gasteiger partial charge in [0.05, 0.1) is 5.71 Å². The molecule has 0 N–H and O–H groups in total. The molecule has 3 heteroatoms. The third kappa shape index (κ3) is 4.09. The van der Waals surface area contributed by atoms with Crippen LogP contribution in [-0.4, -0.2) is 11.7 Å². The third-order valence-electron chi connectivity index (χ3n) is 1.98. The standard InChI is InChI=1S/C13H15NO2/c1-3-4-10-13(14-16-11(2)15)12-8-6-5-7-9-12/h3,5-9H,1,4,10H2,2H3/b14-13+. The highest BCUT2D eigenvalue weighted by atomic mass is 16.7. The van der Waals surface area contributed by atoms with Crippen molar-refractivity contribution >= 4 is 11.7 Å². The normalized spacial score (nSPS) is 10.9.